The summed E-state index contributed by atoms with van der Waals surface area (Å²) in [6, 6.07) is 3.39. The van der Waals surface area contributed by atoms with E-state index in [0.717, 1.165) is 19.1 Å². The molecule has 1 fully saturated rings. The molecule has 1 aromatic rings. The van der Waals surface area contributed by atoms with Gasteiger partial charge in [-0.25, -0.2) is 13.2 Å². The van der Waals surface area contributed by atoms with Crippen LogP contribution in [0.3, 0.4) is 0 Å². The van der Waals surface area contributed by atoms with Crippen LogP contribution in [0, 0.1) is 0 Å². The molecule has 0 bridgehead atoms. The molecule has 1 aliphatic heterocycles. The highest BCUT2D eigenvalue weighted by Crippen LogP contribution is 2.16. The normalized spacial score (nSPS) is 16.0. The fraction of sp³-hybridized carbons (Fsp3) is 0.615. The molecule has 23 heavy (non-hydrogen) atoms. The number of carbonyl (C=O) groups excluding carboxylic acids is 1. The SMILES string of the molecule is CCOC(=O)N1CCC(Nc2ccc(NS(C)(=O)=O)nn2)CC1. The lowest BCUT2D eigenvalue weighted by molar-refractivity contribution is 0.0983. The Hall–Kier alpha value is -2.10. The lowest BCUT2D eigenvalue weighted by Crippen LogP contribution is -2.42. The van der Waals surface area contributed by atoms with E-state index in [2.05, 4.69) is 20.2 Å². The first-order chi connectivity index (χ1) is 10.9. The zero-order valence-corrected chi connectivity index (χ0v) is 14.0. The highest BCUT2D eigenvalue weighted by Gasteiger charge is 2.23. The molecule has 0 saturated carbocycles. The van der Waals surface area contributed by atoms with E-state index in [1.54, 1.807) is 24.0 Å². The fourth-order valence-corrected chi connectivity index (χ4v) is 2.77. The fourth-order valence-electron chi connectivity index (χ4n) is 2.28. The summed E-state index contributed by atoms with van der Waals surface area (Å²) in [7, 11) is -3.36. The zero-order valence-electron chi connectivity index (χ0n) is 13.2. The van der Waals surface area contributed by atoms with Gasteiger partial charge in [-0.15, -0.1) is 10.2 Å². The average molecular weight is 343 g/mol. The molecule has 1 amide bonds. The van der Waals surface area contributed by atoms with Crippen LogP contribution in [-0.4, -0.2) is 61.6 Å². The summed E-state index contributed by atoms with van der Waals surface area (Å²) in [5.41, 5.74) is 0. The third kappa shape index (κ3) is 5.55. The number of hydrogen-bond acceptors (Lipinski definition) is 7. The van der Waals surface area contributed by atoms with Crippen molar-refractivity contribution in [3.63, 3.8) is 0 Å². The van der Waals surface area contributed by atoms with E-state index < -0.39 is 10.0 Å². The van der Waals surface area contributed by atoms with Crippen molar-refractivity contribution in [1.82, 2.24) is 15.1 Å². The molecule has 1 aliphatic rings. The van der Waals surface area contributed by atoms with Gasteiger partial charge in [0, 0.05) is 19.1 Å². The Labute approximate surface area is 135 Å². The summed E-state index contributed by atoms with van der Waals surface area (Å²) in [6.07, 6.45) is 2.34. The maximum atomic E-state index is 11.6. The van der Waals surface area contributed by atoms with Gasteiger partial charge in [-0.05, 0) is 31.9 Å². The van der Waals surface area contributed by atoms with Gasteiger partial charge in [-0.3, -0.25) is 4.72 Å². The Morgan fingerprint density at radius 3 is 2.43 bits per heavy atom. The number of hydrogen-bond donors (Lipinski definition) is 2. The first-order valence-electron chi connectivity index (χ1n) is 7.37. The third-order valence-corrected chi connectivity index (χ3v) is 3.91. The summed E-state index contributed by atoms with van der Waals surface area (Å²) >= 11 is 0. The Balaban J connectivity index is 1.83. The Kier molecular flexibility index (Phi) is 5.59. The Morgan fingerprint density at radius 1 is 1.30 bits per heavy atom. The van der Waals surface area contributed by atoms with Crippen molar-refractivity contribution in [1.29, 1.82) is 0 Å². The molecule has 0 radical (unpaired) electrons. The molecule has 0 spiro atoms. The van der Waals surface area contributed by atoms with Gasteiger partial charge in [0.05, 0.1) is 12.9 Å². The van der Waals surface area contributed by atoms with Crippen LogP contribution in [-0.2, 0) is 14.8 Å². The quantitative estimate of drug-likeness (QED) is 0.816. The van der Waals surface area contributed by atoms with E-state index >= 15 is 0 Å². The topological polar surface area (TPSA) is 114 Å². The maximum Gasteiger partial charge on any atom is 0.409 e. The minimum absolute atomic E-state index is 0.176. The number of rotatable bonds is 5. The highest BCUT2D eigenvalue weighted by molar-refractivity contribution is 7.92. The van der Waals surface area contributed by atoms with Crippen LogP contribution in [0.5, 0.6) is 0 Å². The second kappa shape index (κ2) is 7.44. The number of sulfonamides is 1. The minimum atomic E-state index is -3.36. The van der Waals surface area contributed by atoms with Crippen LogP contribution >= 0.6 is 0 Å². The molecule has 0 aliphatic carbocycles. The monoisotopic (exact) mass is 343 g/mol. The van der Waals surface area contributed by atoms with Crippen molar-refractivity contribution >= 4 is 27.8 Å². The number of aromatic nitrogens is 2. The van der Waals surface area contributed by atoms with E-state index in [4.69, 9.17) is 4.74 Å². The number of nitrogens with one attached hydrogen (secondary N) is 2. The van der Waals surface area contributed by atoms with E-state index in [9.17, 15) is 13.2 Å². The summed E-state index contributed by atoms with van der Waals surface area (Å²) in [5, 5.41) is 11.0. The summed E-state index contributed by atoms with van der Waals surface area (Å²) in [4.78, 5) is 13.3. The average Bonchev–Trinajstić information content (AvgIpc) is 2.49. The number of piperidine rings is 1. The first-order valence-corrected chi connectivity index (χ1v) is 9.26. The first kappa shape index (κ1) is 17.3. The van der Waals surface area contributed by atoms with Gasteiger partial charge in [-0.1, -0.05) is 0 Å². The van der Waals surface area contributed by atoms with E-state index in [1.807, 2.05) is 0 Å². The minimum Gasteiger partial charge on any atom is -0.450 e. The molecular weight excluding hydrogens is 322 g/mol. The summed E-state index contributed by atoms with van der Waals surface area (Å²) in [6.45, 7) is 3.41. The number of nitrogens with zero attached hydrogens (tertiary/aromatic N) is 3. The zero-order chi connectivity index (χ0) is 16.9. The molecule has 1 saturated heterocycles. The molecular formula is C13H21N5O4S. The molecule has 2 heterocycles. The van der Waals surface area contributed by atoms with Crippen LogP contribution in [0.1, 0.15) is 19.8 Å². The van der Waals surface area contributed by atoms with E-state index in [0.29, 0.717) is 25.5 Å². The van der Waals surface area contributed by atoms with E-state index in [1.165, 1.54) is 0 Å². The number of carbonyl (C=O) groups is 1. The van der Waals surface area contributed by atoms with Crippen LogP contribution in [0.4, 0.5) is 16.4 Å². The van der Waals surface area contributed by atoms with Crippen molar-refractivity contribution in [2.45, 2.75) is 25.8 Å². The molecule has 9 nitrogen and oxygen atoms in total. The summed E-state index contributed by atoms with van der Waals surface area (Å²) < 4.78 is 29.4. The standard InChI is InChI=1S/C13H21N5O4S/c1-3-22-13(19)18-8-6-10(7-9-18)14-11-4-5-12(16-15-11)17-23(2,20)21/h4-5,10H,3,6-9H2,1-2H3,(H,14,15)(H,16,17). The molecule has 0 unspecified atom stereocenters. The smallest absolute Gasteiger partial charge is 0.409 e. The van der Waals surface area contributed by atoms with Crippen molar-refractivity contribution in [3.8, 4) is 0 Å². The van der Waals surface area contributed by atoms with Crippen molar-refractivity contribution < 1.29 is 17.9 Å². The highest BCUT2D eigenvalue weighted by atomic mass is 32.2. The van der Waals surface area contributed by atoms with Crippen molar-refractivity contribution in [2.75, 3.05) is 36.0 Å². The Bertz CT molecular complexity index is 626. The van der Waals surface area contributed by atoms with Gasteiger partial charge in [0.15, 0.2) is 5.82 Å². The molecule has 0 atom stereocenters. The molecule has 2 N–H and O–H groups in total. The van der Waals surface area contributed by atoms with Gasteiger partial charge < -0.3 is 15.0 Å². The van der Waals surface area contributed by atoms with Crippen LogP contribution in [0.25, 0.3) is 0 Å². The number of amides is 1. The van der Waals surface area contributed by atoms with Crippen LogP contribution in [0.2, 0.25) is 0 Å². The van der Waals surface area contributed by atoms with Gasteiger partial charge in [0.2, 0.25) is 10.0 Å². The Morgan fingerprint density at radius 2 is 1.91 bits per heavy atom. The lowest BCUT2D eigenvalue weighted by atomic mass is 10.1. The molecule has 1 aromatic heterocycles. The second-order valence-corrected chi connectivity index (χ2v) is 7.03. The number of likely N-dealkylation sites (tertiary alicyclic amines) is 1. The maximum absolute atomic E-state index is 11.6. The molecule has 10 heteroatoms. The molecule has 0 aromatic carbocycles. The predicted molar refractivity (Wildman–Crippen MR) is 85.7 cm³/mol. The van der Waals surface area contributed by atoms with Crippen LogP contribution in [0.15, 0.2) is 12.1 Å². The van der Waals surface area contributed by atoms with Gasteiger partial charge >= 0.3 is 6.09 Å². The second-order valence-electron chi connectivity index (χ2n) is 5.28. The lowest BCUT2D eigenvalue weighted by Gasteiger charge is -2.31. The number of ether oxygens (including phenoxy) is 1. The molecule has 2 rings (SSSR count). The largest absolute Gasteiger partial charge is 0.450 e. The van der Waals surface area contributed by atoms with Crippen molar-refractivity contribution in [2.24, 2.45) is 0 Å². The summed E-state index contributed by atoms with van der Waals surface area (Å²) in [5.74, 6) is 0.744. The van der Waals surface area contributed by atoms with Gasteiger partial charge in [0.25, 0.3) is 0 Å². The predicted octanol–water partition coefficient (Wildman–Crippen LogP) is 0.881. The molecule has 128 valence electrons. The number of anilines is 2. The van der Waals surface area contributed by atoms with E-state index in [-0.39, 0.29) is 18.0 Å². The van der Waals surface area contributed by atoms with Crippen molar-refractivity contribution in [3.05, 3.63) is 12.1 Å². The third-order valence-electron chi connectivity index (χ3n) is 3.33. The van der Waals surface area contributed by atoms with Crippen LogP contribution < -0.4 is 10.0 Å². The van der Waals surface area contributed by atoms with Gasteiger partial charge in [-0.2, -0.15) is 0 Å². The van der Waals surface area contributed by atoms with Gasteiger partial charge in [0.1, 0.15) is 5.82 Å².